The molecule has 0 radical (unpaired) electrons. The van der Waals surface area contributed by atoms with Crippen molar-refractivity contribution in [2.24, 2.45) is 0 Å². The summed E-state index contributed by atoms with van der Waals surface area (Å²) in [5.74, 6) is -1.64. The van der Waals surface area contributed by atoms with Gasteiger partial charge in [0.15, 0.2) is 0 Å². The summed E-state index contributed by atoms with van der Waals surface area (Å²) < 4.78 is 0. The fourth-order valence-electron chi connectivity index (χ4n) is 1.88. The molecule has 2 aromatic rings. The van der Waals surface area contributed by atoms with E-state index in [2.05, 4.69) is 10.3 Å². The molecule has 0 unspecified atom stereocenters. The number of nitrogens with two attached hydrogens (primary N) is 1. The average Bonchev–Trinajstić information content (AvgIpc) is 2.35. The Balaban J connectivity index is 2.49. The lowest BCUT2D eigenvalue weighted by Crippen LogP contribution is -2.30. The highest BCUT2D eigenvalue weighted by Gasteiger charge is 2.13. The Morgan fingerprint density at radius 1 is 1.37 bits per heavy atom. The van der Waals surface area contributed by atoms with E-state index in [1.165, 1.54) is 6.20 Å². The van der Waals surface area contributed by atoms with Crippen molar-refractivity contribution in [1.82, 2.24) is 10.3 Å². The monoisotopic (exact) mass is 259 g/mol. The van der Waals surface area contributed by atoms with Crippen molar-refractivity contribution >= 4 is 28.3 Å². The van der Waals surface area contributed by atoms with Crippen molar-refractivity contribution in [3.05, 3.63) is 35.7 Å². The van der Waals surface area contributed by atoms with Crippen LogP contribution < -0.4 is 11.1 Å². The van der Waals surface area contributed by atoms with Crippen LogP contribution in [0.15, 0.2) is 24.4 Å². The van der Waals surface area contributed by atoms with Crippen LogP contribution in [0.3, 0.4) is 0 Å². The fourth-order valence-corrected chi connectivity index (χ4v) is 1.88. The summed E-state index contributed by atoms with van der Waals surface area (Å²) >= 11 is 0. The highest BCUT2D eigenvalue weighted by molar-refractivity contribution is 6.08. The van der Waals surface area contributed by atoms with E-state index in [9.17, 15) is 9.59 Å². The molecule has 1 heterocycles. The Kier molecular flexibility index (Phi) is 3.33. The summed E-state index contributed by atoms with van der Waals surface area (Å²) in [6, 6.07) is 5.33. The molecule has 6 heteroatoms. The Labute approximate surface area is 109 Å². The number of nitrogen functional groups attached to an aromatic ring is 1. The first kappa shape index (κ1) is 12.8. The molecule has 0 aliphatic rings. The summed E-state index contributed by atoms with van der Waals surface area (Å²) in [4.78, 5) is 26.4. The largest absolute Gasteiger partial charge is 0.480 e. The van der Waals surface area contributed by atoms with Gasteiger partial charge in [-0.1, -0.05) is 0 Å². The first-order valence-corrected chi connectivity index (χ1v) is 5.64. The first-order chi connectivity index (χ1) is 8.99. The predicted molar refractivity (Wildman–Crippen MR) is 70.9 cm³/mol. The van der Waals surface area contributed by atoms with Gasteiger partial charge in [-0.05, 0) is 30.7 Å². The molecule has 0 saturated heterocycles. The molecular weight excluding hydrogens is 246 g/mol. The minimum atomic E-state index is -1.11. The van der Waals surface area contributed by atoms with Gasteiger partial charge in [-0.2, -0.15) is 0 Å². The zero-order chi connectivity index (χ0) is 14.0. The van der Waals surface area contributed by atoms with Crippen molar-refractivity contribution in [2.75, 3.05) is 12.3 Å². The third-order valence-corrected chi connectivity index (χ3v) is 2.67. The highest BCUT2D eigenvalue weighted by Crippen LogP contribution is 2.24. The van der Waals surface area contributed by atoms with Crippen molar-refractivity contribution in [3.63, 3.8) is 0 Å². The Hall–Kier alpha value is -2.63. The number of aliphatic carboxylic acids is 1. The van der Waals surface area contributed by atoms with Crippen LogP contribution in [-0.4, -0.2) is 28.5 Å². The van der Waals surface area contributed by atoms with Gasteiger partial charge in [-0.25, -0.2) is 0 Å². The molecule has 0 bridgehead atoms. The first-order valence-electron chi connectivity index (χ1n) is 5.64. The number of nitrogens with one attached hydrogen (secondary N) is 1. The topological polar surface area (TPSA) is 105 Å². The number of amides is 1. The molecule has 6 nitrogen and oxygen atoms in total. The van der Waals surface area contributed by atoms with E-state index in [0.29, 0.717) is 11.1 Å². The number of carboxylic acid groups (broad SMARTS) is 1. The highest BCUT2D eigenvalue weighted by atomic mass is 16.4. The van der Waals surface area contributed by atoms with Gasteiger partial charge < -0.3 is 16.2 Å². The molecule has 0 fully saturated rings. The lowest BCUT2D eigenvalue weighted by molar-refractivity contribution is -0.135. The van der Waals surface area contributed by atoms with Gasteiger partial charge in [0.05, 0.1) is 0 Å². The summed E-state index contributed by atoms with van der Waals surface area (Å²) in [6.07, 6.45) is 1.48. The quantitative estimate of drug-likeness (QED) is 0.711. The fraction of sp³-hybridized carbons (Fsp3) is 0.154. The van der Waals surface area contributed by atoms with Gasteiger partial charge >= 0.3 is 5.97 Å². The molecule has 98 valence electrons. The van der Waals surface area contributed by atoms with E-state index in [1.54, 1.807) is 18.2 Å². The molecule has 0 atom stereocenters. The maximum Gasteiger partial charge on any atom is 0.322 e. The molecule has 1 amide bonds. The van der Waals surface area contributed by atoms with E-state index in [4.69, 9.17) is 10.8 Å². The number of rotatable bonds is 3. The van der Waals surface area contributed by atoms with Crippen LogP contribution in [0.5, 0.6) is 0 Å². The number of nitrogens with zero attached hydrogens (tertiary/aromatic N) is 1. The summed E-state index contributed by atoms with van der Waals surface area (Å²) in [6.45, 7) is 1.42. The van der Waals surface area contributed by atoms with Crippen LogP contribution in [0.2, 0.25) is 0 Å². The van der Waals surface area contributed by atoms with Crippen LogP contribution in [0, 0.1) is 6.92 Å². The maximum atomic E-state index is 11.9. The van der Waals surface area contributed by atoms with Crippen LogP contribution >= 0.6 is 0 Å². The number of anilines is 1. The Bertz CT molecular complexity index is 667. The SMILES string of the molecule is Cc1cc(N)c2ccnc(C(=O)NCC(=O)O)c2c1. The Morgan fingerprint density at radius 3 is 2.79 bits per heavy atom. The number of hydrogen-bond acceptors (Lipinski definition) is 4. The zero-order valence-corrected chi connectivity index (χ0v) is 10.3. The van der Waals surface area contributed by atoms with Gasteiger partial charge in [0, 0.05) is 22.7 Å². The lowest BCUT2D eigenvalue weighted by atomic mass is 10.0. The molecule has 2 rings (SSSR count). The standard InChI is InChI=1S/C13H13N3O3/c1-7-4-9-8(10(14)5-7)2-3-15-12(9)13(19)16-6-11(17)18/h2-5H,6,14H2,1H3,(H,16,19)(H,17,18). The van der Waals surface area contributed by atoms with E-state index < -0.39 is 18.4 Å². The summed E-state index contributed by atoms with van der Waals surface area (Å²) in [5, 5.41) is 12.2. The summed E-state index contributed by atoms with van der Waals surface area (Å²) in [5.41, 5.74) is 7.54. The van der Waals surface area contributed by atoms with E-state index in [-0.39, 0.29) is 5.69 Å². The smallest absolute Gasteiger partial charge is 0.322 e. The van der Waals surface area contributed by atoms with Crippen LogP contribution in [0.25, 0.3) is 10.8 Å². The molecular formula is C13H13N3O3. The van der Waals surface area contributed by atoms with Gasteiger partial charge in [0.2, 0.25) is 0 Å². The number of pyridine rings is 1. The van der Waals surface area contributed by atoms with Crippen molar-refractivity contribution < 1.29 is 14.7 Å². The van der Waals surface area contributed by atoms with Gasteiger partial charge in [0.1, 0.15) is 12.2 Å². The number of carbonyl (C=O) groups excluding carboxylic acids is 1. The molecule has 1 aromatic heterocycles. The third-order valence-electron chi connectivity index (χ3n) is 2.67. The zero-order valence-electron chi connectivity index (χ0n) is 10.3. The molecule has 0 spiro atoms. The van der Waals surface area contributed by atoms with Crippen molar-refractivity contribution in [2.45, 2.75) is 6.92 Å². The van der Waals surface area contributed by atoms with Crippen LogP contribution in [0.4, 0.5) is 5.69 Å². The molecule has 0 saturated carbocycles. The third kappa shape index (κ3) is 2.62. The number of aryl methyl sites for hydroxylation is 1. The molecule has 4 N–H and O–H groups in total. The Morgan fingerprint density at radius 2 is 2.11 bits per heavy atom. The maximum absolute atomic E-state index is 11.9. The molecule has 0 aliphatic carbocycles. The number of hydrogen-bond donors (Lipinski definition) is 3. The van der Waals surface area contributed by atoms with Gasteiger partial charge in [0.25, 0.3) is 5.91 Å². The van der Waals surface area contributed by atoms with Crippen molar-refractivity contribution in [1.29, 1.82) is 0 Å². The number of fused-ring (bicyclic) bond motifs is 1. The van der Waals surface area contributed by atoms with Crippen LogP contribution in [-0.2, 0) is 4.79 Å². The van der Waals surface area contributed by atoms with Crippen molar-refractivity contribution in [3.8, 4) is 0 Å². The van der Waals surface area contributed by atoms with E-state index in [0.717, 1.165) is 10.9 Å². The summed E-state index contributed by atoms with van der Waals surface area (Å²) in [7, 11) is 0. The van der Waals surface area contributed by atoms with E-state index >= 15 is 0 Å². The van der Waals surface area contributed by atoms with Gasteiger partial charge in [-0.15, -0.1) is 0 Å². The predicted octanol–water partition coefficient (Wildman–Crippen LogP) is 0.940. The minimum Gasteiger partial charge on any atom is -0.480 e. The van der Waals surface area contributed by atoms with Crippen LogP contribution in [0.1, 0.15) is 16.1 Å². The average molecular weight is 259 g/mol. The molecule has 1 aromatic carbocycles. The number of benzene rings is 1. The number of carbonyl (C=O) groups is 2. The lowest BCUT2D eigenvalue weighted by Gasteiger charge is -2.08. The van der Waals surface area contributed by atoms with Gasteiger partial charge in [-0.3, -0.25) is 14.6 Å². The van der Waals surface area contributed by atoms with E-state index in [1.807, 2.05) is 6.92 Å². The number of aromatic nitrogens is 1. The second-order valence-electron chi connectivity index (χ2n) is 4.19. The molecule has 19 heavy (non-hydrogen) atoms. The number of carboxylic acids is 1. The second kappa shape index (κ2) is 4.93. The molecule has 0 aliphatic heterocycles. The minimum absolute atomic E-state index is 0.175. The second-order valence-corrected chi connectivity index (χ2v) is 4.19. The normalized spacial score (nSPS) is 10.4.